The molecule has 106 valence electrons. The predicted molar refractivity (Wildman–Crippen MR) is 86.8 cm³/mol. The van der Waals surface area contributed by atoms with Crippen LogP contribution in [0.1, 0.15) is 38.7 Å². The summed E-state index contributed by atoms with van der Waals surface area (Å²) in [5, 5.41) is 0. The molecule has 19 heavy (non-hydrogen) atoms. The van der Waals surface area contributed by atoms with Gasteiger partial charge in [0.25, 0.3) is 0 Å². The Morgan fingerprint density at radius 1 is 1.11 bits per heavy atom. The fourth-order valence-corrected chi connectivity index (χ4v) is 3.14. The van der Waals surface area contributed by atoms with Crippen LogP contribution in [0.2, 0.25) is 0 Å². The highest BCUT2D eigenvalue weighted by atomic mass is 79.9. The van der Waals surface area contributed by atoms with E-state index < -0.39 is 0 Å². The third-order valence-corrected chi connectivity index (χ3v) is 4.53. The SMILES string of the molecule is CCN(CC)Cc1ccc(Br)cc1N1CCCCC1. The molecule has 1 aromatic carbocycles. The van der Waals surface area contributed by atoms with Crippen molar-refractivity contribution < 1.29 is 0 Å². The average molecular weight is 325 g/mol. The molecule has 1 fully saturated rings. The van der Waals surface area contributed by atoms with Crippen LogP contribution < -0.4 is 4.90 Å². The van der Waals surface area contributed by atoms with Gasteiger partial charge in [-0.05, 0) is 50.0 Å². The summed E-state index contributed by atoms with van der Waals surface area (Å²) < 4.78 is 1.19. The van der Waals surface area contributed by atoms with Gasteiger partial charge in [-0.3, -0.25) is 4.90 Å². The Kier molecular flexibility index (Phi) is 5.71. The number of hydrogen-bond acceptors (Lipinski definition) is 2. The molecule has 1 heterocycles. The molecule has 1 aliphatic heterocycles. The van der Waals surface area contributed by atoms with Crippen LogP contribution in [0.4, 0.5) is 5.69 Å². The van der Waals surface area contributed by atoms with Crippen molar-refractivity contribution in [3.63, 3.8) is 0 Å². The molecular weight excluding hydrogens is 300 g/mol. The van der Waals surface area contributed by atoms with Crippen molar-refractivity contribution in [2.24, 2.45) is 0 Å². The van der Waals surface area contributed by atoms with Crippen LogP contribution in [0.5, 0.6) is 0 Å². The van der Waals surface area contributed by atoms with Gasteiger partial charge in [0.05, 0.1) is 0 Å². The first-order chi connectivity index (χ1) is 9.24. The van der Waals surface area contributed by atoms with Gasteiger partial charge in [0, 0.05) is 29.8 Å². The van der Waals surface area contributed by atoms with Gasteiger partial charge in [-0.2, -0.15) is 0 Å². The summed E-state index contributed by atoms with van der Waals surface area (Å²) >= 11 is 3.62. The molecule has 2 rings (SSSR count). The molecule has 1 aromatic rings. The van der Waals surface area contributed by atoms with Gasteiger partial charge in [-0.15, -0.1) is 0 Å². The lowest BCUT2D eigenvalue weighted by atomic mass is 10.1. The Morgan fingerprint density at radius 2 is 1.79 bits per heavy atom. The summed E-state index contributed by atoms with van der Waals surface area (Å²) in [6.07, 6.45) is 4.05. The first kappa shape index (κ1) is 14.9. The van der Waals surface area contributed by atoms with E-state index in [4.69, 9.17) is 0 Å². The van der Waals surface area contributed by atoms with Crippen LogP contribution in [-0.4, -0.2) is 31.1 Å². The fourth-order valence-electron chi connectivity index (χ4n) is 2.79. The van der Waals surface area contributed by atoms with E-state index in [2.05, 4.69) is 57.8 Å². The molecule has 1 aliphatic rings. The highest BCUT2D eigenvalue weighted by Gasteiger charge is 2.15. The van der Waals surface area contributed by atoms with E-state index in [0.29, 0.717) is 0 Å². The van der Waals surface area contributed by atoms with Gasteiger partial charge in [0.1, 0.15) is 0 Å². The molecule has 1 saturated heterocycles. The minimum atomic E-state index is 1.06. The predicted octanol–water partition coefficient (Wildman–Crippen LogP) is 4.28. The average Bonchev–Trinajstić information content (AvgIpc) is 2.47. The number of halogens is 1. The van der Waals surface area contributed by atoms with Crippen LogP contribution in [0, 0.1) is 0 Å². The maximum absolute atomic E-state index is 3.62. The van der Waals surface area contributed by atoms with Gasteiger partial charge in [-0.25, -0.2) is 0 Å². The first-order valence-corrected chi connectivity index (χ1v) is 8.29. The molecule has 0 bridgehead atoms. The largest absolute Gasteiger partial charge is 0.371 e. The van der Waals surface area contributed by atoms with E-state index in [-0.39, 0.29) is 0 Å². The second-order valence-electron chi connectivity index (χ2n) is 5.28. The number of anilines is 1. The smallest absolute Gasteiger partial charge is 0.0423 e. The van der Waals surface area contributed by atoms with Crippen LogP contribution in [-0.2, 0) is 6.54 Å². The quantitative estimate of drug-likeness (QED) is 0.797. The fraction of sp³-hybridized carbons (Fsp3) is 0.625. The molecule has 0 N–H and O–H groups in total. The molecule has 0 amide bonds. The Hall–Kier alpha value is -0.540. The lowest BCUT2D eigenvalue weighted by molar-refractivity contribution is 0.296. The molecule has 0 aliphatic carbocycles. The Morgan fingerprint density at radius 3 is 2.42 bits per heavy atom. The van der Waals surface area contributed by atoms with Crippen molar-refractivity contribution in [1.29, 1.82) is 0 Å². The maximum Gasteiger partial charge on any atom is 0.0423 e. The zero-order valence-corrected chi connectivity index (χ0v) is 13.7. The summed E-state index contributed by atoms with van der Waals surface area (Å²) in [4.78, 5) is 5.05. The van der Waals surface area contributed by atoms with Crippen LogP contribution >= 0.6 is 15.9 Å². The second-order valence-corrected chi connectivity index (χ2v) is 6.20. The monoisotopic (exact) mass is 324 g/mol. The molecule has 0 saturated carbocycles. The molecule has 3 heteroatoms. The lowest BCUT2D eigenvalue weighted by Crippen LogP contribution is -2.31. The highest BCUT2D eigenvalue weighted by molar-refractivity contribution is 9.10. The van der Waals surface area contributed by atoms with E-state index >= 15 is 0 Å². The topological polar surface area (TPSA) is 6.48 Å². The lowest BCUT2D eigenvalue weighted by Gasteiger charge is -2.32. The molecule has 0 spiro atoms. The summed E-state index contributed by atoms with van der Waals surface area (Å²) in [6, 6.07) is 6.75. The van der Waals surface area contributed by atoms with Crippen LogP contribution in [0.15, 0.2) is 22.7 Å². The Bertz CT molecular complexity index is 396. The molecule has 0 unspecified atom stereocenters. The van der Waals surface area contributed by atoms with Crippen LogP contribution in [0.25, 0.3) is 0 Å². The van der Waals surface area contributed by atoms with Crippen molar-refractivity contribution in [2.45, 2.75) is 39.7 Å². The van der Waals surface area contributed by atoms with E-state index in [0.717, 1.165) is 19.6 Å². The number of hydrogen-bond donors (Lipinski definition) is 0. The normalized spacial score (nSPS) is 16.1. The first-order valence-electron chi connectivity index (χ1n) is 7.50. The van der Waals surface area contributed by atoms with Gasteiger partial charge < -0.3 is 4.90 Å². The van der Waals surface area contributed by atoms with Gasteiger partial charge in [0.15, 0.2) is 0 Å². The van der Waals surface area contributed by atoms with Crippen LogP contribution in [0.3, 0.4) is 0 Å². The summed E-state index contributed by atoms with van der Waals surface area (Å²) in [5.74, 6) is 0. The summed E-state index contributed by atoms with van der Waals surface area (Å²) in [6.45, 7) is 10.2. The minimum Gasteiger partial charge on any atom is -0.371 e. The maximum atomic E-state index is 3.62. The van der Waals surface area contributed by atoms with Crippen molar-refractivity contribution in [3.8, 4) is 0 Å². The van der Waals surface area contributed by atoms with E-state index in [1.807, 2.05) is 0 Å². The Labute approximate surface area is 125 Å². The van der Waals surface area contributed by atoms with Gasteiger partial charge in [0.2, 0.25) is 0 Å². The molecule has 0 atom stereocenters. The standard InChI is InChI=1S/C16H25BrN2/c1-3-18(4-2)13-14-8-9-15(17)12-16(14)19-10-6-5-7-11-19/h8-9,12H,3-7,10-11,13H2,1-2H3. The Balaban J connectivity index is 2.21. The van der Waals surface area contributed by atoms with E-state index in [1.54, 1.807) is 0 Å². The number of benzene rings is 1. The van der Waals surface area contributed by atoms with Crippen molar-refractivity contribution in [1.82, 2.24) is 4.90 Å². The number of piperidine rings is 1. The third kappa shape index (κ3) is 3.96. The summed E-state index contributed by atoms with van der Waals surface area (Å²) in [7, 11) is 0. The zero-order valence-electron chi connectivity index (χ0n) is 12.2. The van der Waals surface area contributed by atoms with E-state index in [1.165, 1.54) is 48.1 Å². The molecule has 0 radical (unpaired) electrons. The summed E-state index contributed by atoms with van der Waals surface area (Å²) in [5.41, 5.74) is 2.90. The second kappa shape index (κ2) is 7.30. The molecular formula is C16H25BrN2. The van der Waals surface area contributed by atoms with Crippen molar-refractivity contribution in [3.05, 3.63) is 28.2 Å². The van der Waals surface area contributed by atoms with Crippen molar-refractivity contribution in [2.75, 3.05) is 31.1 Å². The number of rotatable bonds is 5. The highest BCUT2D eigenvalue weighted by Crippen LogP contribution is 2.28. The molecule has 2 nitrogen and oxygen atoms in total. The van der Waals surface area contributed by atoms with E-state index in [9.17, 15) is 0 Å². The van der Waals surface area contributed by atoms with Crippen molar-refractivity contribution >= 4 is 21.6 Å². The minimum absolute atomic E-state index is 1.06. The van der Waals surface area contributed by atoms with Gasteiger partial charge >= 0.3 is 0 Å². The number of nitrogens with zero attached hydrogens (tertiary/aromatic N) is 2. The third-order valence-electron chi connectivity index (χ3n) is 4.03. The molecule has 0 aromatic heterocycles. The van der Waals surface area contributed by atoms with Gasteiger partial charge in [-0.1, -0.05) is 35.8 Å². The zero-order chi connectivity index (χ0) is 13.7.